The van der Waals surface area contributed by atoms with E-state index < -0.39 is 18.2 Å². The molecule has 3 atom stereocenters. The lowest BCUT2D eigenvalue weighted by Gasteiger charge is -2.43. The highest BCUT2D eigenvalue weighted by Crippen LogP contribution is 2.38. The molecule has 0 aliphatic heterocycles. The first kappa shape index (κ1) is 31.1. The lowest BCUT2D eigenvalue weighted by molar-refractivity contribution is -0.137. The number of aliphatic hydroxyl groups is 2. The molecule has 0 heterocycles. The highest BCUT2D eigenvalue weighted by atomic mass is 127. The van der Waals surface area contributed by atoms with Gasteiger partial charge in [-0.25, -0.2) is 0 Å². The minimum absolute atomic E-state index is 0.0665. The number of carbonyl (C=O) groups excluding carboxylic acids is 3. The van der Waals surface area contributed by atoms with E-state index in [0.717, 1.165) is 38.5 Å². The van der Waals surface area contributed by atoms with Crippen LogP contribution in [-0.2, 0) is 9.59 Å². The fraction of sp³-hybridized carbons (Fsp3) is 0.552. The summed E-state index contributed by atoms with van der Waals surface area (Å²) in [7, 11) is 1.46. The summed E-state index contributed by atoms with van der Waals surface area (Å²) in [4.78, 5) is 39.8. The van der Waals surface area contributed by atoms with Gasteiger partial charge in [-0.2, -0.15) is 0 Å². The van der Waals surface area contributed by atoms with Gasteiger partial charge in [-0.15, -0.1) is 0 Å². The minimum atomic E-state index is -1.13. The van der Waals surface area contributed by atoms with E-state index in [1.807, 2.05) is 35.6 Å². The Hall–Kier alpha value is -2.44. The molecule has 10 heteroatoms. The number of aldehydes is 1. The van der Waals surface area contributed by atoms with Crippen LogP contribution in [0.25, 0.3) is 0 Å². The highest BCUT2D eigenvalue weighted by Gasteiger charge is 2.42. The Balaban J connectivity index is 2.05. The Morgan fingerprint density at radius 2 is 1.92 bits per heavy atom. The zero-order chi connectivity index (χ0) is 28.4. The topological polar surface area (TPSA) is 125 Å². The number of hydrogen-bond donors (Lipinski definition) is 3. The summed E-state index contributed by atoms with van der Waals surface area (Å²) in [5, 5.41) is 23.6. The summed E-state index contributed by atoms with van der Waals surface area (Å²) in [5.41, 5.74) is 0.784. The number of benzene rings is 1. The van der Waals surface area contributed by atoms with E-state index in [1.54, 1.807) is 29.2 Å². The SMILES string of the molecule is CCC=CC(=O)N(C1CCCCCC1)C1CC(C(=O)NCCO)=CC(Oc2c(I)cc(C=O)cc2OC)C1O. The molecule has 2 aliphatic rings. The second-order valence-corrected chi connectivity index (χ2v) is 11.0. The van der Waals surface area contributed by atoms with E-state index in [9.17, 15) is 24.6 Å². The number of nitrogens with zero attached hydrogens (tertiary/aromatic N) is 1. The van der Waals surface area contributed by atoms with Crippen molar-refractivity contribution in [2.24, 2.45) is 0 Å². The summed E-state index contributed by atoms with van der Waals surface area (Å²) in [6, 6.07) is 2.42. The van der Waals surface area contributed by atoms with Gasteiger partial charge in [0, 0.05) is 30.1 Å². The van der Waals surface area contributed by atoms with Gasteiger partial charge >= 0.3 is 0 Å². The molecule has 39 heavy (non-hydrogen) atoms. The van der Waals surface area contributed by atoms with Crippen molar-refractivity contribution in [1.82, 2.24) is 10.2 Å². The Morgan fingerprint density at radius 3 is 2.54 bits per heavy atom. The molecule has 0 bridgehead atoms. The molecule has 0 radical (unpaired) electrons. The fourth-order valence-corrected chi connectivity index (χ4v) is 6.01. The van der Waals surface area contributed by atoms with E-state index in [2.05, 4.69) is 5.32 Å². The van der Waals surface area contributed by atoms with Crippen LogP contribution in [0.15, 0.2) is 35.9 Å². The van der Waals surface area contributed by atoms with Crippen molar-refractivity contribution < 1.29 is 34.1 Å². The number of rotatable bonds is 11. The van der Waals surface area contributed by atoms with Crippen LogP contribution in [0.2, 0.25) is 0 Å². The fourth-order valence-electron chi connectivity index (χ4n) is 5.26. The Bertz CT molecular complexity index is 1070. The monoisotopic (exact) mass is 654 g/mol. The van der Waals surface area contributed by atoms with Crippen molar-refractivity contribution in [2.45, 2.75) is 82.6 Å². The lowest BCUT2D eigenvalue weighted by Crippen LogP contribution is -2.57. The van der Waals surface area contributed by atoms with Gasteiger partial charge in [-0.1, -0.05) is 38.7 Å². The molecule has 3 rings (SSSR count). The first-order valence-electron chi connectivity index (χ1n) is 13.6. The van der Waals surface area contributed by atoms with Gasteiger partial charge < -0.3 is 29.9 Å². The van der Waals surface area contributed by atoms with Crippen LogP contribution < -0.4 is 14.8 Å². The number of amides is 2. The van der Waals surface area contributed by atoms with Crippen molar-refractivity contribution in [3.63, 3.8) is 0 Å². The third kappa shape index (κ3) is 8.04. The molecule has 2 amide bonds. The van der Waals surface area contributed by atoms with Crippen LogP contribution in [0.3, 0.4) is 0 Å². The Labute approximate surface area is 243 Å². The van der Waals surface area contributed by atoms with Gasteiger partial charge in [0.25, 0.3) is 0 Å². The second-order valence-electron chi connectivity index (χ2n) is 9.87. The normalized spacial score (nSPS) is 22.1. The average molecular weight is 655 g/mol. The van der Waals surface area contributed by atoms with E-state index in [4.69, 9.17) is 9.47 Å². The van der Waals surface area contributed by atoms with Crippen molar-refractivity contribution in [2.75, 3.05) is 20.3 Å². The molecular formula is C29H39IN2O7. The predicted molar refractivity (Wildman–Crippen MR) is 156 cm³/mol. The number of halogens is 1. The maximum Gasteiger partial charge on any atom is 0.247 e. The molecule has 214 valence electrons. The van der Waals surface area contributed by atoms with Crippen molar-refractivity contribution >= 4 is 40.7 Å². The molecule has 3 unspecified atom stereocenters. The molecule has 0 spiro atoms. The van der Waals surface area contributed by atoms with Gasteiger partial charge in [0.15, 0.2) is 11.5 Å². The van der Waals surface area contributed by atoms with E-state index >= 15 is 0 Å². The Morgan fingerprint density at radius 1 is 1.21 bits per heavy atom. The van der Waals surface area contributed by atoms with Gasteiger partial charge in [-0.3, -0.25) is 14.4 Å². The summed E-state index contributed by atoms with van der Waals surface area (Å²) in [6.07, 6.45) is 10.3. The van der Waals surface area contributed by atoms with Crippen LogP contribution in [-0.4, -0.2) is 77.8 Å². The summed E-state index contributed by atoms with van der Waals surface area (Å²) in [6.45, 7) is 1.83. The van der Waals surface area contributed by atoms with Crippen LogP contribution in [0.5, 0.6) is 11.5 Å². The summed E-state index contributed by atoms with van der Waals surface area (Å²) >= 11 is 2.04. The zero-order valence-electron chi connectivity index (χ0n) is 22.6. The third-order valence-electron chi connectivity index (χ3n) is 7.18. The van der Waals surface area contributed by atoms with Crippen LogP contribution in [0, 0.1) is 3.57 Å². The average Bonchev–Trinajstić information content (AvgIpc) is 3.22. The van der Waals surface area contributed by atoms with Gasteiger partial charge in [0.05, 0.1) is 23.3 Å². The molecule has 1 fully saturated rings. The smallest absolute Gasteiger partial charge is 0.247 e. The summed E-state index contributed by atoms with van der Waals surface area (Å²) < 4.78 is 12.4. The van der Waals surface area contributed by atoms with Crippen molar-refractivity contribution in [3.05, 3.63) is 45.1 Å². The van der Waals surface area contributed by atoms with Crippen LogP contribution in [0.1, 0.15) is 68.6 Å². The number of aliphatic hydroxyl groups excluding tert-OH is 2. The van der Waals surface area contributed by atoms with Crippen LogP contribution in [0.4, 0.5) is 0 Å². The molecule has 2 aliphatic carbocycles. The highest BCUT2D eigenvalue weighted by molar-refractivity contribution is 14.1. The second kappa shape index (κ2) is 15.4. The maximum atomic E-state index is 13.6. The van der Waals surface area contributed by atoms with E-state index in [1.165, 1.54) is 7.11 Å². The third-order valence-corrected chi connectivity index (χ3v) is 7.98. The number of ether oxygens (including phenoxy) is 2. The van der Waals surface area contributed by atoms with Crippen molar-refractivity contribution in [3.8, 4) is 11.5 Å². The standard InChI is InChI=1S/C29H39IN2O7/c1-3-4-11-26(35)32(21-9-7-5-6-8-10-21)23-16-20(29(37)31-12-13-33)17-24(27(23)36)39-28-22(30)14-19(18-34)15-25(28)38-2/h4,11,14-15,17-18,21,23-24,27,33,36H,3,5-10,12-13,16H2,1-2H3,(H,31,37). The van der Waals surface area contributed by atoms with Crippen molar-refractivity contribution in [1.29, 1.82) is 0 Å². The lowest BCUT2D eigenvalue weighted by atomic mass is 9.86. The van der Waals surface area contributed by atoms with Gasteiger partial charge in [0.2, 0.25) is 11.8 Å². The van der Waals surface area contributed by atoms with Gasteiger partial charge in [0.1, 0.15) is 18.5 Å². The number of allylic oxidation sites excluding steroid dienone is 1. The first-order chi connectivity index (χ1) is 18.8. The molecule has 0 saturated heterocycles. The predicted octanol–water partition coefficient (Wildman–Crippen LogP) is 3.55. The molecular weight excluding hydrogens is 615 g/mol. The number of methoxy groups -OCH3 is 1. The first-order valence-corrected chi connectivity index (χ1v) is 14.7. The molecule has 9 nitrogen and oxygen atoms in total. The number of nitrogens with one attached hydrogen (secondary N) is 1. The van der Waals surface area contributed by atoms with E-state index in [-0.39, 0.29) is 37.4 Å². The maximum absolute atomic E-state index is 13.6. The largest absolute Gasteiger partial charge is 0.493 e. The minimum Gasteiger partial charge on any atom is -0.493 e. The Kier molecular flexibility index (Phi) is 12.3. The molecule has 1 aromatic rings. The summed E-state index contributed by atoms with van der Waals surface area (Å²) in [5.74, 6) is 0.0783. The zero-order valence-corrected chi connectivity index (χ0v) is 24.8. The van der Waals surface area contributed by atoms with Gasteiger partial charge in [-0.05, 0) is 66.1 Å². The molecule has 3 N–H and O–H groups in total. The molecule has 0 aromatic heterocycles. The number of carbonyl (C=O) groups is 3. The quantitative estimate of drug-likeness (QED) is 0.144. The molecule has 1 saturated carbocycles. The van der Waals surface area contributed by atoms with Crippen LogP contribution >= 0.6 is 22.6 Å². The number of hydrogen-bond acceptors (Lipinski definition) is 7. The molecule has 1 aromatic carbocycles. The van der Waals surface area contributed by atoms with E-state index in [0.29, 0.717) is 38.9 Å².